The number of rotatable bonds is 5. The summed E-state index contributed by atoms with van der Waals surface area (Å²) >= 11 is 1.47. The van der Waals surface area contributed by atoms with Crippen LogP contribution in [-0.2, 0) is 11.3 Å². The first-order valence-electron chi connectivity index (χ1n) is 7.02. The number of ether oxygens (including phenoxy) is 1. The summed E-state index contributed by atoms with van der Waals surface area (Å²) in [7, 11) is 1.40. The number of thiophene rings is 1. The minimum absolute atomic E-state index is 0.0187. The van der Waals surface area contributed by atoms with Gasteiger partial charge in [0.15, 0.2) is 0 Å². The predicted octanol–water partition coefficient (Wildman–Crippen LogP) is 2.48. The standard InChI is InChI=1S/C15H23NO3S/c1-10-11(7-12(20-10)14(18)19-3)8-16-13-5-4-6-15(13,2)9-17/h7,13,16-17H,4-6,8-9H2,1-3H3. The second-order valence-corrected chi connectivity index (χ2v) is 7.08. The van der Waals surface area contributed by atoms with Crippen molar-refractivity contribution in [1.82, 2.24) is 5.32 Å². The molecule has 0 aliphatic heterocycles. The Morgan fingerprint density at radius 1 is 1.65 bits per heavy atom. The minimum Gasteiger partial charge on any atom is -0.465 e. The number of carbonyl (C=O) groups excluding carboxylic acids is 1. The molecule has 2 N–H and O–H groups in total. The van der Waals surface area contributed by atoms with Gasteiger partial charge in [0.05, 0.1) is 7.11 Å². The summed E-state index contributed by atoms with van der Waals surface area (Å²) in [5.74, 6) is -0.273. The van der Waals surface area contributed by atoms with Crippen molar-refractivity contribution in [2.75, 3.05) is 13.7 Å². The molecule has 1 aromatic heterocycles. The number of esters is 1. The van der Waals surface area contributed by atoms with E-state index >= 15 is 0 Å². The Morgan fingerprint density at radius 2 is 2.40 bits per heavy atom. The van der Waals surface area contributed by atoms with E-state index in [4.69, 9.17) is 4.74 Å². The second-order valence-electron chi connectivity index (χ2n) is 5.82. The molecule has 0 amide bonds. The van der Waals surface area contributed by atoms with Gasteiger partial charge < -0.3 is 15.2 Å². The molecule has 20 heavy (non-hydrogen) atoms. The molecule has 5 heteroatoms. The number of carbonyl (C=O) groups is 1. The van der Waals surface area contributed by atoms with Crippen LogP contribution in [0.25, 0.3) is 0 Å². The van der Waals surface area contributed by atoms with Crippen LogP contribution in [-0.4, -0.2) is 30.8 Å². The van der Waals surface area contributed by atoms with Gasteiger partial charge in [0.1, 0.15) is 4.88 Å². The first-order chi connectivity index (χ1) is 9.50. The van der Waals surface area contributed by atoms with Gasteiger partial charge in [-0.05, 0) is 31.4 Å². The molecule has 1 fully saturated rings. The first-order valence-corrected chi connectivity index (χ1v) is 7.83. The number of aryl methyl sites for hydroxylation is 1. The summed E-state index contributed by atoms with van der Waals surface area (Å²) in [6.45, 7) is 5.12. The van der Waals surface area contributed by atoms with Crippen molar-refractivity contribution >= 4 is 17.3 Å². The minimum atomic E-state index is -0.273. The van der Waals surface area contributed by atoms with Crippen LogP contribution in [0.2, 0.25) is 0 Å². The van der Waals surface area contributed by atoms with Crippen molar-refractivity contribution in [3.05, 3.63) is 21.4 Å². The Balaban J connectivity index is 2.01. The zero-order valence-corrected chi connectivity index (χ0v) is 13.2. The van der Waals surface area contributed by atoms with E-state index in [1.165, 1.54) is 18.4 Å². The van der Waals surface area contributed by atoms with Crippen LogP contribution in [0.3, 0.4) is 0 Å². The van der Waals surface area contributed by atoms with Gasteiger partial charge in [-0.2, -0.15) is 0 Å². The maximum Gasteiger partial charge on any atom is 0.348 e. The Bertz CT molecular complexity index is 485. The Morgan fingerprint density at radius 3 is 3.05 bits per heavy atom. The lowest BCUT2D eigenvalue weighted by Gasteiger charge is -2.30. The highest BCUT2D eigenvalue weighted by Gasteiger charge is 2.37. The van der Waals surface area contributed by atoms with Gasteiger partial charge in [-0.3, -0.25) is 0 Å². The molecule has 0 aromatic carbocycles. The third kappa shape index (κ3) is 3.05. The fourth-order valence-corrected chi connectivity index (χ4v) is 3.86. The lowest BCUT2D eigenvalue weighted by atomic mass is 9.86. The number of aliphatic hydroxyl groups excluding tert-OH is 1. The lowest BCUT2D eigenvalue weighted by molar-refractivity contribution is 0.0606. The van der Waals surface area contributed by atoms with Gasteiger partial charge in [0, 0.05) is 29.5 Å². The van der Waals surface area contributed by atoms with Gasteiger partial charge in [0.25, 0.3) is 0 Å². The molecule has 1 saturated carbocycles. The van der Waals surface area contributed by atoms with Crippen LogP contribution < -0.4 is 5.32 Å². The smallest absolute Gasteiger partial charge is 0.348 e. The zero-order valence-electron chi connectivity index (χ0n) is 12.4. The Kier molecular flexibility index (Phi) is 4.83. The molecule has 1 aliphatic rings. The topological polar surface area (TPSA) is 58.6 Å². The van der Waals surface area contributed by atoms with E-state index in [2.05, 4.69) is 12.2 Å². The van der Waals surface area contributed by atoms with Crippen LogP contribution in [0, 0.1) is 12.3 Å². The number of aliphatic hydroxyl groups is 1. The fraction of sp³-hybridized carbons (Fsp3) is 0.667. The third-order valence-electron chi connectivity index (χ3n) is 4.39. The maximum absolute atomic E-state index is 11.5. The van der Waals surface area contributed by atoms with Crippen LogP contribution >= 0.6 is 11.3 Å². The molecule has 2 atom stereocenters. The van der Waals surface area contributed by atoms with E-state index in [9.17, 15) is 9.90 Å². The average molecular weight is 297 g/mol. The number of nitrogens with one attached hydrogen (secondary N) is 1. The van der Waals surface area contributed by atoms with E-state index < -0.39 is 0 Å². The second kappa shape index (κ2) is 6.24. The van der Waals surface area contributed by atoms with Crippen molar-refractivity contribution in [2.24, 2.45) is 5.41 Å². The van der Waals surface area contributed by atoms with E-state index in [-0.39, 0.29) is 18.0 Å². The highest BCUT2D eigenvalue weighted by molar-refractivity contribution is 7.14. The highest BCUT2D eigenvalue weighted by Crippen LogP contribution is 2.37. The average Bonchev–Trinajstić information content (AvgIpc) is 3.00. The number of hydrogen-bond donors (Lipinski definition) is 2. The Hall–Kier alpha value is -0.910. The maximum atomic E-state index is 11.5. The summed E-state index contributed by atoms with van der Waals surface area (Å²) in [5.41, 5.74) is 1.12. The predicted molar refractivity (Wildman–Crippen MR) is 80.1 cm³/mol. The van der Waals surface area contributed by atoms with E-state index in [0.29, 0.717) is 10.9 Å². The molecule has 112 valence electrons. The monoisotopic (exact) mass is 297 g/mol. The summed E-state index contributed by atoms with van der Waals surface area (Å²) in [6.07, 6.45) is 3.33. The molecule has 1 heterocycles. The summed E-state index contributed by atoms with van der Waals surface area (Å²) in [6, 6.07) is 2.25. The van der Waals surface area contributed by atoms with Crippen molar-refractivity contribution in [3.63, 3.8) is 0 Å². The van der Waals surface area contributed by atoms with Crippen LogP contribution in [0.4, 0.5) is 0 Å². The van der Waals surface area contributed by atoms with E-state index in [0.717, 1.165) is 36.2 Å². The molecule has 0 saturated heterocycles. The van der Waals surface area contributed by atoms with Gasteiger partial charge in [-0.15, -0.1) is 11.3 Å². The zero-order chi connectivity index (χ0) is 14.8. The van der Waals surface area contributed by atoms with Gasteiger partial charge >= 0.3 is 5.97 Å². The summed E-state index contributed by atoms with van der Waals surface area (Å²) in [4.78, 5) is 13.3. The quantitative estimate of drug-likeness (QED) is 0.820. The molecule has 1 aromatic rings. The number of methoxy groups -OCH3 is 1. The van der Waals surface area contributed by atoms with Crippen molar-refractivity contribution < 1.29 is 14.6 Å². The molecule has 4 nitrogen and oxygen atoms in total. The van der Waals surface area contributed by atoms with Gasteiger partial charge in [-0.25, -0.2) is 4.79 Å². The fourth-order valence-electron chi connectivity index (χ4n) is 2.90. The van der Waals surface area contributed by atoms with Crippen molar-refractivity contribution in [1.29, 1.82) is 0 Å². The molecule has 0 bridgehead atoms. The first kappa shape index (κ1) is 15.5. The Labute approximate surface area is 124 Å². The molecule has 0 spiro atoms. The molecule has 1 aliphatic carbocycles. The van der Waals surface area contributed by atoms with Gasteiger partial charge in [0.2, 0.25) is 0 Å². The highest BCUT2D eigenvalue weighted by atomic mass is 32.1. The van der Waals surface area contributed by atoms with Gasteiger partial charge in [-0.1, -0.05) is 13.3 Å². The van der Waals surface area contributed by atoms with Crippen LogP contribution in [0.5, 0.6) is 0 Å². The summed E-state index contributed by atoms with van der Waals surface area (Å²) in [5, 5.41) is 13.1. The van der Waals surface area contributed by atoms with Crippen molar-refractivity contribution in [2.45, 2.75) is 45.7 Å². The van der Waals surface area contributed by atoms with E-state index in [1.54, 1.807) is 0 Å². The molecule has 2 rings (SSSR count). The lowest BCUT2D eigenvalue weighted by Crippen LogP contribution is -2.41. The molecular formula is C15H23NO3S. The summed E-state index contributed by atoms with van der Waals surface area (Å²) < 4.78 is 4.75. The molecular weight excluding hydrogens is 274 g/mol. The number of hydrogen-bond acceptors (Lipinski definition) is 5. The molecule has 2 unspecified atom stereocenters. The third-order valence-corrected chi connectivity index (χ3v) is 5.46. The van der Waals surface area contributed by atoms with Crippen LogP contribution in [0.1, 0.15) is 46.3 Å². The van der Waals surface area contributed by atoms with Crippen molar-refractivity contribution in [3.8, 4) is 0 Å². The largest absolute Gasteiger partial charge is 0.465 e. The SMILES string of the molecule is COC(=O)c1cc(CNC2CCCC2(C)CO)c(C)s1. The molecule has 0 radical (unpaired) electrons. The normalized spacial score (nSPS) is 25.9. The van der Waals surface area contributed by atoms with E-state index in [1.807, 2.05) is 13.0 Å². The van der Waals surface area contributed by atoms with Crippen LogP contribution in [0.15, 0.2) is 6.07 Å².